The van der Waals surface area contributed by atoms with E-state index in [0.29, 0.717) is 12.1 Å². The van der Waals surface area contributed by atoms with Gasteiger partial charge in [-0.2, -0.15) is 0 Å². The van der Waals surface area contributed by atoms with Crippen molar-refractivity contribution in [2.24, 2.45) is 0 Å². The van der Waals surface area contributed by atoms with Crippen LogP contribution in [-0.2, 0) is 12.8 Å². The first-order valence-corrected chi connectivity index (χ1v) is 8.08. The molecule has 2 aromatic rings. The third kappa shape index (κ3) is 3.03. The molecule has 0 heterocycles. The average Bonchev–Trinajstić information content (AvgIpc) is 2.94. The molecule has 2 aromatic carbocycles. The molecule has 0 radical (unpaired) electrons. The maximum atomic E-state index is 3.74. The Balaban J connectivity index is 1.74. The van der Waals surface area contributed by atoms with Crippen LogP contribution >= 0.6 is 0 Å². The van der Waals surface area contributed by atoms with Crippen LogP contribution in [0.2, 0.25) is 0 Å². The van der Waals surface area contributed by atoms with Crippen molar-refractivity contribution in [1.82, 2.24) is 5.32 Å². The van der Waals surface area contributed by atoms with Crippen LogP contribution in [0.5, 0.6) is 0 Å². The summed E-state index contributed by atoms with van der Waals surface area (Å²) in [6.07, 6.45) is 3.83. The molecule has 21 heavy (non-hydrogen) atoms. The lowest BCUT2D eigenvalue weighted by Crippen LogP contribution is -2.23. The van der Waals surface area contributed by atoms with Gasteiger partial charge in [-0.05, 0) is 67.9 Å². The lowest BCUT2D eigenvalue weighted by Gasteiger charge is -2.22. The summed E-state index contributed by atoms with van der Waals surface area (Å²) < 4.78 is 0. The fraction of sp³-hybridized carbons (Fsp3) is 0.400. The number of hydrogen-bond acceptors (Lipinski definition) is 1. The van der Waals surface area contributed by atoms with E-state index in [-0.39, 0.29) is 0 Å². The van der Waals surface area contributed by atoms with E-state index in [9.17, 15) is 0 Å². The van der Waals surface area contributed by atoms with Crippen molar-refractivity contribution >= 4 is 0 Å². The van der Waals surface area contributed by atoms with Gasteiger partial charge in [-0.25, -0.2) is 0 Å². The molecule has 0 aliphatic heterocycles. The average molecular weight is 279 g/mol. The summed E-state index contributed by atoms with van der Waals surface area (Å²) in [6, 6.07) is 16.4. The Labute approximate surface area is 128 Å². The Morgan fingerprint density at radius 2 is 1.67 bits per heavy atom. The van der Waals surface area contributed by atoms with E-state index in [1.54, 1.807) is 11.1 Å². The Hall–Kier alpha value is -1.60. The molecule has 0 bridgehead atoms. The van der Waals surface area contributed by atoms with Crippen molar-refractivity contribution in [3.8, 4) is 0 Å². The Morgan fingerprint density at radius 3 is 2.48 bits per heavy atom. The minimum absolute atomic E-state index is 0.370. The Morgan fingerprint density at radius 1 is 0.905 bits per heavy atom. The molecule has 0 saturated carbocycles. The van der Waals surface area contributed by atoms with Gasteiger partial charge in [-0.1, -0.05) is 42.5 Å². The molecule has 3 rings (SSSR count). The molecule has 1 heteroatoms. The number of aryl methyl sites for hydroxylation is 3. The number of nitrogens with one attached hydrogen (secondary N) is 1. The molecule has 0 fully saturated rings. The molecule has 0 amide bonds. The second kappa shape index (κ2) is 6.03. The van der Waals surface area contributed by atoms with Crippen LogP contribution in [0.4, 0.5) is 0 Å². The van der Waals surface area contributed by atoms with Crippen molar-refractivity contribution in [2.45, 2.75) is 52.1 Å². The summed E-state index contributed by atoms with van der Waals surface area (Å²) >= 11 is 0. The normalized spacial score (nSPS) is 16.5. The molecule has 1 N–H and O–H groups in total. The van der Waals surface area contributed by atoms with E-state index in [1.807, 2.05) is 0 Å². The predicted molar refractivity (Wildman–Crippen MR) is 89.6 cm³/mol. The van der Waals surface area contributed by atoms with Crippen LogP contribution in [-0.4, -0.2) is 0 Å². The van der Waals surface area contributed by atoms with E-state index < -0.39 is 0 Å². The quantitative estimate of drug-likeness (QED) is 0.839. The third-order valence-electron chi connectivity index (χ3n) is 4.78. The first kappa shape index (κ1) is 14.3. The highest BCUT2D eigenvalue weighted by Crippen LogP contribution is 2.27. The van der Waals surface area contributed by atoms with Crippen LogP contribution in [0.15, 0.2) is 42.5 Å². The maximum absolute atomic E-state index is 3.74. The fourth-order valence-corrected chi connectivity index (χ4v) is 3.49. The predicted octanol–water partition coefficient (Wildman–Crippen LogP) is 4.90. The highest BCUT2D eigenvalue weighted by Gasteiger charge is 2.16. The second-order valence-electron chi connectivity index (χ2n) is 6.35. The van der Waals surface area contributed by atoms with Gasteiger partial charge in [0, 0.05) is 12.1 Å². The zero-order valence-corrected chi connectivity index (χ0v) is 13.3. The van der Waals surface area contributed by atoms with Gasteiger partial charge in [-0.15, -0.1) is 0 Å². The number of rotatable bonds is 4. The van der Waals surface area contributed by atoms with E-state index in [1.165, 1.54) is 36.0 Å². The Bertz CT molecular complexity index is 629. The first-order valence-electron chi connectivity index (χ1n) is 8.08. The van der Waals surface area contributed by atoms with Gasteiger partial charge in [-0.3, -0.25) is 0 Å². The monoisotopic (exact) mass is 279 g/mol. The van der Waals surface area contributed by atoms with Gasteiger partial charge in [0.25, 0.3) is 0 Å². The molecule has 1 unspecified atom stereocenters. The highest BCUT2D eigenvalue weighted by molar-refractivity contribution is 5.36. The summed E-state index contributed by atoms with van der Waals surface area (Å²) in [4.78, 5) is 0. The standard InChI is InChI=1S/C20H25N/c1-14-7-4-5-10-20(14)16(3)21-15(2)18-12-11-17-8-6-9-19(17)13-18/h4-5,7,10-13,15-16,21H,6,8-9H2,1-3H3/t15?,16-/m1/s1. The number of fused-ring (bicyclic) bond motifs is 1. The smallest absolute Gasteiger partial charge is 0.0300 e. The summed E-state index contributed by atoms with van der Waals surface area (Å²) in [5, 5.41) is 3.74. The van der Waals surface area contributed by atoms with Gasteiger partial charge in [0.2, 0.25) is 0 Å². The minimum atomic E-state index is 0.370. The third-order valence-corrected chi connectivity index (χ3v) is 4.78. The number of hydrogen-bond donors (Lipinski definition) is 1. The molecular weight excluding hydrogens is 254 g/mol. The van der Waals surface area contributed by atoms with Gasteiger partial charge in [0.1, 0.15) is 0 Å². The van der Waals surface area contributed by atoms with Gasteiger partial charge >= 0.3 is 0 Å². The molecule has 1 aliphatic carbocycles. The topological polar surface area (TPSA) is 12.0 Å². The van der Waals surface area contributed by atoms with Crippen LogP contribution in [0.3, 0.4) is 0 Å². The van der Waals surface area contributed by atoms with Crippen LogP contribution in [0.25, 0.3) is 0 Å². The van der Waals surface area contributed by atoms with Crippen LogP contribution in [0, 0.1) is 6.92 Å². The minimum Gasteiger partial charge on any atom is -0.304 e. The van der Waals surface area contributed by atoms with Crippen molar-refractivity contribution < 1.29 is 0 Å². The molecule has 1 nitrogen and oxygen atoms in total. The fourth-order valence-electron chi connectivity index (χ4n) is 3.49. The van der Waals surface area contributed by atoms with Crippen LogP contribution < -0.4 is 5.32 Å². The lowest BCUT2D eigenvalue weighted by atomic mass is 9.99. The summed E-state index contributed by atoms with van der Waals surface area (Å²) in [6.45, 7) is 6.71. The second-order valence-corrected chi connectivity index (χ2v) is 6.35. The molecule has 110 valence electrons. The van der Waals surface area contributed by atoms with Crippen molar-refractivity contribution in [1.29, 1.82) is 0 Å². The summed E-state index contributed by atoms with van der Waals surface area (Å²) in [5.74, 6) is 0. The SMILES string of the molecule is Cc1ccccc1[C@@H](C)NC(C)c1ccc2c(c1)CCC2. The van der Waals surface area contributed by atoms with E-state index in [4.69, 9.17) is 0 Å². The maximum Gasteiger partial charge on any atom is 0.0300 e. The molecule has 0 saturated heterocycles. The molecule has 0 aromatic heterocycles. The molecule has 0 spiro atoms. The highest BCUT2D eigenvalue weighted by atomic mass is 14.9. The van der Waals surface area contributed by atoms with Crippen molar-refractivity contribution in [3.63, 3.8) is 0 Å². The summed E-state index contributed by atoms with van der Waals surface area (Å²) in [5.41, 5.74) is 7.28. The first-order chi connectivity index (χ1) is 10.1. The van der Waals surface area contributed by atoms with E-state index in [2.05, 4.69) is 68.6 Å². The van der Waals surface area contributed by atoms with Crippen molar-refractivity contribution in [2.75, 3.05) is 0 Å². The van der Waals surface area contributed by atoms with Gasteiger partial charge in [0.05, 0.1) is 0 Å². The lowest BCUT2D eigenvalue weighted by molar-refractivity contribution is 0.493. The zero-order chi connectivity index (χ0) is 14.8. The molecule has 1 aliphatic rings. The van der Waals surface area contributed by atoms with Gasteiger partial charge < -0.3 is 5.32 Å². The molecule has 2 atom stereocenters. The van der Waals surface area contributed by atoms with E-state index in [0.717, 1.165) is 0 Å². The largest absolute Gasteiger partial charge is 0.304 e. The van der Waals surface area contributed by atoms with Gasteiger partial charge in [0.15, 0.2) is 0 Å². The number of benzene rings is 2. The molecular formula is C20H25N. The van der Waals surface area contributed by atoms with Crippen LogP contribution in [0.1, 0.15) is 60.2 Å². The Kier molecular flexibility index (Phi) is 4.12. The van der Waals surface area contributed by atoms with Crippen molar-refractivity contribution in [3.05, 3.63) is 70.3 Å². The summed E-state index contributed by atoms with van der Waals surface area (Å²) in [7, 11) is 0. The zero-order valence-electron chi connectivity index (χ0n) is 13.3. The van der Waals surface area contributed by atoms with E-state index >= 15 is 0 Å².